The highest BCUT2D eigenvalue weighted by atomic mass is 31.2. The van der Waals surface area contributed by atoms with Gasteiger partial charge in [0.25, 0.3) is 0 Å². The van der Waals surface area contributed by atoms with Gasteiger partial charge in [0.2, 0.25) is 7.37 Å². The van der Waals surface area contributed by atoms with Crippen LogP contribution >= 0.6 is 7.37 Å². The molecule has 0 spiro atoms. The van der Waals surface area contributed by atoms with Crippen LogP contribution < -0.4 is 5.30 Å². The largest absolute Gasteiger partial charge is 0.398 e. The zero-order valence-corrected chi connectivity index (χ0v) is 8.23. The van der Waals surface area contributed by atoms with E-state index in [1.54, 1.807) is 0 Å². The molecule has 0 fully saturated rings. The Morgan fingerprint density at radius 1 is 1.27 bits per heavy atom. The van der Waals surface area contributed by atoms with Crippen LogP contribution in [0.1, 0.15) is 0 Å². The fraction of sp³-hybridized carbons (Fsp3) is 0.250. The first-order chi connectivity index (χ1) is 6.72. The third-order valence-electron chi connectivity index (χ3n) is 1.62. The van der Waals surface area contributed by atoms with Gasteiger partial charge in [0, 0.05) is 0 Å². The molecular weight excluding hydrogens is 235 g/mol. The third kappa shape index (κ3) is 3.32. The maximum Gasteiger partial charge on any atom is 0.398 e. The summed E-state index contributed by atoms with van der Waals surface area (Å²) in [5.41, 5.74) is 0. The van der Waals surface area contributed by atoms with E-state index in [-0.39, 0.29) is 0 Å². The molecule has 1 aromatic carbocycles. The molecule has 7 heteroatoms. The van der Waals surface area contributed by atoms with E-state index < -0.39 is 30.8 Å². The van der Waals surface area contributed by atoms with Crippen molar-refractivity contribution in [3.05, 3.63) is 30.1 Å². The summed E-state index contributed by atoms with van der Waals surface area (Å²) in [7, 11) is -4.70. The van der Waals surface area contributed by atoms with E-state index in [4.69, 9.17) is 4.89 Å². The highest BCUT2D eigenvalue weighted by Crippen LogP contribution is 2.45. The molecule has 0 aliphatic carbocycles. The number of hydrogen-bond acceptors (Lipinski definition) is 1. The average Bonchev–Trinajstić information content (AvgIpc) is 1.99. The minimum absolute atomic E-state index is 0.790. The van der Waals surface area contributed by atoms with E-state index in [1.165, 1.54) is 12.1 Å². The number of halogens is 4. The van der Waals surface area contributed by atoms with Crippen LogP contribution in [0, 0.1) is 5.82 Å². The standard InChI is InChI=1S/C8H7F4O2P/c9-6-3-1-2-4-7(6)15(13,14)5-8(10,11)12/h1-4H,5H2,(H,13,14). The molecule has 84 valence electrons. The predicted octanol–water partition coefficient (Wildman–Crippen LogP) is 2.28. The van der Waals surface area contributed by atoms with Crippen LogP contribution in [0.4, 0.5) is 17.6 Å². The van der Waals surface area contributed by atoms with Gasteiger partial charge in [0.05, 0.1) is 5.30 Å². The van der Waals surface area contributed by atoms with Gasteiger partial charge in [-0.25, -0.2) is 4.39 Å². The van der Waals surface area contributed by atoms with Crippen molar-refractivity contribution in [2.24, 2.45) is 0 Å². The van der Waals surface area contributed by atoms with Gasteiger partial charge < -0.3 is 4.89 Å². The molecule has 0 radical (unpaired) electrons. The zero-order valence-electron chi connectivity index (χ0n) is 7.33. The molecular formula is C8H7F4O2P. The molecule has 15 heavy (non-hydrogen) atoms. The summed E-state index contributed by atoms with van der Waals surface area (Å²) in [5, 5.41) is -0.790. The second-order valence-electron chi connectivity index (χ2n) is 2.93. The Balaban J connectivity index is 3.07. The van der Waals surface area contributed by atoms with Crippen molar-refractivity contribution in [3.63, 3.8) is 0 Å². The molecule has 1 unspecified atom stereocenters. The van der Waals surface area contributed by atoms with E-state index >= 15 is 0 Å². The third-order valence-corrected chi connectivity index (χ3v) is 3.53. The molecule has 1 N–H and O–H groups in total. The van der Waals surface area contributed by atoms with Crippen LogP contribution in [-0.2, 0) is 4.57 Å². The average molecular weight is 242 g/mol. The summed E-state index contributed by atoms with van der Waals surface area (Å²) in [6.45, 7) is 0. The van der Waals surface area contributed by atoms with Crippen LogP contribution in [0.15, 0.2) is 24.3 Å². The SMILES string of the molecule is O=P(O)(CC(F)(F)F)c1ccccc1F. The smallest absolute Gasteiger partial charge is 0.341 e. The normalized spacial score (nSPS) is 16.1. The molecule has 0 aliphatic heterocycles. The molecule has 0 aromatic heterocycles. The Morgan fingerprint density at radius 2 is 1.80 bits per heavy atom. The van der Waals surface area contributed by atoms with Crippen LogP contribution in [-0.4, -0.2) is 17.2 Å². The van der Waals surface area contributed by atoms with Crippen LogP contribution in [0.2, 0.25) is 0 Å². The lowest BCUT2D eigenvalue weighted by atomic mass is 10.3. The first-order valence-corrected chi connectivity index (χ1v) is 5.70. The van der Waals surface area contributed by atoms with Gasteiger partial charge in [-0.05, 0) is 12.1 Å². The quantitative estimate of drug-likeness (QED) is 0.638. The molecule has 0 amide bonds. The highest BCUT2D eigenvalue weighted by molar-refractivity contribution is 7.66. The minimum Gasteiger partial charge on any atom is -0.341 e. The van der Waals surface area contributed by atoms with Crippen molar-refractivity contribution in [3.8, 4) is 0 Å². The topological polar surface area (TPSA) is 37.3 Å². The monoisotopic (exact) mass is 242 g/mol. The summed E-state index contributed by atoms with van der Waals surface area (Å²) in [6.07, 6.45) is -6.71. The van der Waals surface area contributed by atoms with Crippen molar-refractivity contribution in [1.29, 1.82) is 0 Å². The zero-order chi connectivity index (χ0) is 11.7. The highest BCUT2D eigenvalue weighted by Gasteiger charge is 2.40. The fourth-order valence-electron chi connectivity index (χ4n) is 1.06. The number of hydrogen-bond donors (Lipinski definition) is 1. The van der Waals surface area contributed by atoms with E-state index in [0.717, 1.165) is 12.1 Å². The van der Waals surface area contributed by atoms with Crippen molar-refractivity contribution < 1.29 is 27.0 Å². The Kier molecular flexibility index (Phi) is 3.21. The molecule has 1 aromatic rings. The number of alkyl halides is 3. The van der Waals surface area contributed by atoms with Crippen molar-refractivity contribution in [2.75, 3.05) is 6.16 Å². The van der Waals surface area contributed by atoms with Gasteiger partial charge in [-0.1, -0.05) is 12.1 Å². The molecule has 2 nitrogen and oxygen atoms in total. The van der Waals surface area contributed by atoms with Gasteiger partial charge in [0.15, 0.2) is 0 Å². The lowest BCUT2D eigenvalue weighted by Gasteiger charge is -2.14. The van der Waals surface area contributed by atoms with Gasteiger partial charge in [0.1, 0.15) is 12.0 Å². The Hall–Kier alpha value is -0.870. The lowest BCUT2D eigenvalue weighted by Crippen LogP contribution is -2.21. The molecule has 1 atom stereocenters. The van der Waals surface area contributed by atoms with E-state index in [2.05, 4.69) is 0 Å². The van der Waals surface area contributed by atoms with E-state index in [0.29, 0.717) is 0 Å². The van der Waals surface area contributed by atoms with Crippen LogP contribution in [0.25, 0.3) is 0 Å². The first kappa shape index (κ1) is 12.2. The van der Waals surface area contributed by atoms with Gasteiger partial charge in [-0.3, -0.25) is 4.57 Å². The molecule has 0 saturated heterocycles. The molecule has 0 aliphatic rings. The number of rotatable bonds is 2. The maximum absolute atomic E-state index is 13.0. The summed E-state index contributed by atoms with van der Waals surface area (Å²) in [4.78, 5) is 9.10. The Morgan fingerprint density at radius 3 is 2.27 bits per heavy atom. The fourth-order valence-corrected chi connectivity index (χ4v) is 2.45. The van der Waals surface area contributed by atoms with Crippen molar-refractivity contribution in [1.82, 2.24) is 0 Å². The number of benzene rings is 1. The van der Waals surface area contributed by atoms with Crippen LogP contribution in [0.3, 0.4) is 0 Å². The molecule has 0 saturated carbocycles. The Labute approximate surface area is 83.0 Å². The maximum atomic E-state index is 13.0. The van der Waals surface area contributed by atoms with Gasteiger partial charge in [-0.15, -0.1) is 0 Å². The van der Waals surface area contributed by atoms with Gasteiger partial charge in [-0.2, -0.15) is 13.2 Å². The van der Waals surface area contributed by atoms with Gasteiger partial charge >= 0.3 is 6.18 Å². The summed E-state index contributed by atoms with van der Waals surface area (Å²) >= 11 is 0. The molecule has 1 rings (SSSR count). The van der Waals surface area contributed by atoms with E-state index in [1.807, 2.05) is 0 Å². The summed E-state index contributed by atoms with van der Waals surface area (Å²) in [5.74, 6) is -1.10. The lowest BCUT2D eigenvalue weighted by molar-refractivity contribution is -0.107. The summed E-state index contributed by atoms with van der Waals surface area (Å²) < 4.78 is 60.0. The second-order valence-corrected chi connectivity index (χ2v) is 5.13. The minimum atomic E-state index is -4.80. The van der Waals surface area contributed by atoms with E-state index in [9.17, 15) is 22.1 Å². The molecule has 0 heterocycles. The summed E-state index contributed by atoms with van der Waals surface area (Å²) in [6, 6.07) is 4.15. The van der Waals surface area contributed by atoms with Crippen molar-refractivity contribution >= 4 is 12.7 Å². The second kappa shape index (κ2) is 3.94. The predicted molar refractivity (Wildman–Crippen MR) is 46.8 cm³/mol. The van der Waals surface area contributed by atoms with Crippen molar-refractivity contribution in [2.45, 2.75) is 6.18 Å². The first-order valence-electron chi connectivity index (χ1n) is 3.86. The molecule has 0 bridgehead atoms. The van der Waals surface area contributed by atoms with Crippen LogP contribution in [0.5, 0.6) is 0 Å². The Bertz CT molecular complexity index is 402.